The van der Waals surface area contributed by atoms with E-state index >= 15 is 0 Å². The average molecular weight is 327 g/mol. The summed E-state index contributed by atoms with van der Waals surface area (Å²) in [5.74, 6) is 2.33. The summed E-state index contributed by atoms with van der Waals surface area (Å²) in [5, 5.41) is 6.58. The number of thioether (sulfide) groups is 1. The molecule has 3 rings (SSSR count). The van der Waals surface area contributed by atoms with E-state index in [9.17, 15) is 4.79 Å². The SMILES string of the molecule is O=C(Nc1ccc(OC2CCCC2)c(Cl)c1)C1CSCN1. The smallest absolute Gasteiger partial charge is 0.242 e. The van der Waals surface area contributed by atoms with E-state index in [1.165, 1.54) is 12.8 Å². The van der Waals surface area contributed by atoms with Crippen molar-refractivity contribution >= 4 is 35.0 Å². The molecule has 1 heterocycles. The molecule has 6 heteroatoms. The zero-order valence-electron chi connectivity index (χ0n) is 11.7. The first kappa shape index (κ1) is 15.0. The Hall–Kier alpha value is -0.910. The van der Waals surface area contributed by atoms with Gasteiger partial charge in [-0.3, -0.25) is 10.1 Å². The lowest BCUT2D eigenvalue weighted by molar-refractivity contribution is -0.117. The fourth-order valence-corrected chi connectivity index (χ4v) is 3.82. The first-order valence-corrected chi connectivity index (χ1v) is 8.84. The summed E-state index contributed by atoms with van der Waals surface area (Å²) < 4.78 is 5.91. The van der Waals surface area contributed by atoms with Crippen LogP contribution in [0, 0.1) is 0 Å². The topological polar surface area (TPSA) is 50.4 Å². The van der Waals surface area contributed by atoms with Crippen LogP contribution in [0.4, 0.5) is 5.69 Å². The Morgan fingerprint density at radius 1 is 1.38 bits per heavy atom. The molecular formula is C15H19ClN2O2S. The maximum atomic E-state index is 12.0. The van der Waals surface area contributed by atoms with Crippen LogP contribution in [0.5, 0.6) is 5.75 Å². The molecule has 21 heavy (non-hydrogen) atoms. The molecule has 0 bridgehead atoms. The highest BCUT2D eigenvalue weighted by molar-refractivity contribution is 7.99. The van der Waals surface area contributed by atoms with Crippen molar-refractivity contribution in [3.05, 3.63) is 23.2 Å². The first-order chi connectivity index (χ1) is 10.2. The molecule has 1 aromatic rings. The predicted molar refractivity (Wildman–Crippen MR) is 87.2 cm³/mol. The third-order valence-electron chi connectivity index (χ3n) is 3.83. The molecule has 0 radical (unpaired) electrons. The van der Waals surface area contributed by atoms with E-state index < -0.39 is 0 Å². The van der Waals surface area contributed by atoms with Crippen molar-refractivity contribution in [3.63, 3.8) is 0 Å². The van der Waals surface area contributed by atoms with Crippen molar-refractivity contribution in [1.82, 2.24) is 5.32 Å². The van der Waals surface area contributed by atoms with Crippen LogP contribution < -0.4 is 15.4 Å². The third kappa shape index (κ3) is 3.84. The van der Waals surface area contributed by atoms with Crippen LogP contribution in [0.1, 0.15) is 25.7 Å². The number of halogens is 1. The summed E-state index contributed by atoms with van der Waals surface area (Å²) in [7, 11) is 0. The molecule has 114 valence electrons. The van der Waals surface area contributed by atoms with Crippen LogP contribution in [0.3, 0.4) is 0 Å². The lowest BCUT2D eigenvalue weighted by atomic mass is 10.2. The normalized spacial score (nSPS) is 22.4. The van der Waals surface area contributed by atoms with Gasteiger partial charge in [-0.2, -0.15) is 0 Å². The molecule has 2 N–H and O–H groups in total. The van der Waals surface area contributed by atoms with Gasteiger partial charge in [-0.1, -0.05) is 11.6 Å². The number of carbonyl (C=O) groups is 1. The van der Waals surface area contributed by atoms with E-state index in [2.05, 4.69) is 10.6 Å². The number of nitrogens with one attached hydrogen (secondary N) is 2. The maximum Gasteiger partial charge on any atom is 0.242 e. The minimum absolute atomic E-state index is 0.0134. The quantitative estimate of drug-likeness (QED) is 0.891. The van der Waals surface area contributed by atoms with E-state index in [1.54, 1.807) is 17.8 Å². The van der Waals surface area contributed by atoms with E-state index in [0.717, 1.165) is 24.5 Å². The molecule has 1 amide bonds. The van der Waals surface area contributed by atoms with Gasteiger partial charge in [0.05, 0.1) is 17.2 Å². The second kappa shape index (κ2) is 6.90. The Morgan fingerprint density at radius 3 is 2.86 bits per heavy atom. The summed E-state index contributed by atoms with van der Waals surface area (Å²) in [6, 6.07) is 5.32. The third-order valence-corrected chi connectivity index (χ3v) is 5.06. The lowest BCUT2D eigenvalue weighted by Crippen LogP contribution is -2.37. The van der Waals surface area contributed by atoms with Gasteiger partial charge in [-0.05, 0) is 43.9 Å². The van der Waals surface area contributed by atoms with Gasteiger partial charge in [0, 0.05) is 17.3 Å². The number of amides is 1. The minimum atomic E-state index is -0.122. The molecule has 1 aromatic carbocycles. The van der Waals surface area contributed by atoms with Crippen molar-refractivity contribution < 1.29 is 9.53 Å². The van der Waals surface area contributed by atoms with Crippen LogP contribution in [0.2, 0.25) is 5.02 Å². The highest BCUT2D eigenvalue weighted by atomic mass is 35.5. The fourth-order valence-electron chi connectivity index (χ4n) is 2.65. The van der Waals surface area contributed by atoms with E-state index in [4.69, 9.17) is 16.3 Å². The lowest BCUT2D eigenvalue weighted by Gasteiger charge is -2.16. The number of benzene rings is 1. The first-order valence-electron chi connectivity index (χ1n) is 7.30. The standard InChI is InChI=1S/C15H19ClN2O2S/c16-12-7-10(18-15(19)13-8-21-9-17-13)5-6-14(12)20-11-3-1-2-4-11/h5-7,11,13,17H,1-4,8-9H2,(H,18,19). The van der Waals surface area contributed by atoms with Crippen LogP contribution in [-0.4, -0.2) is 29.7 Å². The Balaban J connectivity index is 1.61. The number of anilines is 1. The molecule has 0 aromatic heterocycles. The largest absolute Gasteiger partial charge is 0.489 e. The number of carbonyl (C=O) groups excluding carboxylic acids is 1. The number of hydrogen-bond donors (Lipinski definition) is 2. The Labute approximate surface area is 134 Å². The summed E-state index contributed by atoms with van der Waals surface area (Å²) in [4.78, 5) is 12.0. The van der Waals surface area contributed by atoms with Crippen molar-refractivity contribution in [3.8, 4) is 5.75 Å². The van der Waals surface area contributed by atoms with Gasteiger partial charge in [0.1, 0.15) is 5.75 Å². The Morgan fingerprint density at radius 2 is 2.19 bits per heavy atom. The monoisotopic (exact) mass is 326 g/mol. The van der Waals surface area contributed by atoms with Gasteiger partial charge in [-0.25, -0.2) is 0 Å². The summed E-state index contributed by atoms with van der Waals surface area (Å²) in [6.45, 7) is 0. The molecule has 1 unspecified atom stereocenters. The number of hydrogen-bond acceptors (Lipinski definition) is 4. The van der Waals surface area contributed by atoms with Gasteiger partial charge in [0.15, 0.2) is 0 Å². The molecule has 4 nitrogen and oxygen atoms in total. The van der Waals surface area contributed by atoms with E-state index in [0.29, 0.717) is 16.5 Å². The highest BCUT2D eigenvalue weighted by Gasteiger charge is 2.23. The Kier molecular flexibility index (Phi) is 4.93. The van der Waals surface area contributed by atoms with E-state index in [1.807, 2.05) is 12.1 Å². The highest BCUT2D eigenvalue weighted by Crippen LogP contribution is 2.31. The van der Waals surface area contributed by atoms with Gasteiger partial charge in [-0.15, -0.1) is 11.8 Å². The molecule has 1 saturated heterocycles. The number of rotatable bonds is 4. The maximum absolute atomic E-state index is 12.0. The number of ether oxygens (including phenoxy) is 1. The van der Waals surface area contributed by atoms with Crippen molar-refractivity contribution in [1.29, 1.82) is 0 Å². The Bertz CT molecular complexity index is 514. The van der Waals surface area contributed by atoms with Crippen LogP contribution >= 0.6 is 23.4 Å². The molecule has 1 aliphatic carbocycles. The summed E-state index contributed by atoms with van der Waals surface area (Å²) in [5.41, 5.74) is 0.711. The fraction of sp³-hybridized carbons (Fsp3) is 0.533. The summed E-state index contributed by atoms with van der Waals surface area (Å²) in [6.07, 6.45) is 4.92. The zero-order valence-corrected chi connectivity index (χ0v) is 13.3. The van der Waals surface area contributed by atoms with Gasteiger partial charge in [0.25, 0.3) is 0 Å². The van der Waals surface area contributed by atoms with Crippen molar-refractivity contribution in [2.75, 3.05) is 16.9 Å². The molecular weight excluding hydrogens is 308 g/mol. The van der Waals surface area contributed by atoms with Gasteiger partial charge in [0.2, 0.25) is 5.91 Å². The molecule has 1 saturated carbocycles. The minimum Gasteiger partial charge on any atom is -0.489 e. The molecule has 2 aliphatic rings. The molecule has 0 spiro atoms. The van der Waals surface area contributed by atoms with Crippen LogP contribution in [0.15, 0.2) is 18.2 Å². The summed E-state index contributed by atoms with van der Waals surface area (Å²) >= 11 is 7.98. The molecule has 1 aliphatic heterocycles. The second-order valence-electron chi connectivity index (χ2n) is 5.43. The zero-order chi connectivity index (χ0) is 14.7. The molecule has 1 atom stereocenters. The predicted octanol–water partition coefficient (Wildman–Crippen LogP) is 3.26. The van der Waals surface area contributed by atoms with Gasteiger partial charge >= 0.3 is 0 Å². The van der Waals surface area contributed by atoms with Crippen LogP contribution in [0.25, 0.3) is 0 Å². The van der Waals surface area contributed by atoms with Crippen molar-refractivity contribution in [2.45, 2.75) is 37.8 Å². The van der Waals surface area contributed by atoms with Crippen LogP contribution in [-0.2, 0) is 4.79 Å². The molecule has 2 fully saturated rings. The van der Waals surface area contributed by atoms with Gasteiger partial charge < -0.3 is 10.1 Å². The second-order valence-corrected chi connectivity index (χ2v) is 6.87. The van der Waals surface area contributed by atoms with E-state index in [-0.39, 0.29) is 18.1 Å². The average Bonchev–Trinajstić information content (AvgIpc) is 3.14. The van der Waals surface area contributed by atoms with Crippen molar-refractivity contribution in [2.24, 2.45) is 0 Å².